The molecular weight excluding hydrogens is 385 g/mol. The summed E-state index contributed by atoms with van der Waals surface area (Å²) in [7, 11) is 0. The topological polar surface area (TPSA) is 93.9 Å². The molecule has 1 atom stereocenters. The Kier molecular flexibility index (Phi) is 5.86. The number of nitrogen functional groups attached to an aromatic ring is 1. The van der Waals surface area contributed by atoms with Crippen LogP contribution in [0, 0.1) is 0 Å². The van der Waals surface area contributed by atoms with E-state index in [0.717, 1.165) is 17.7 Å². The number of aromatic nitrogens is 3. The number of aromatic amines is 1. The van der Waals surface area contributed by atoms with Gasteiger partial charge in [-0.2, -0.15) is 13.2 Å². The Balaban J connectivity index is 2.06. The third-order valence-electron chi connectivity index (χ3n) is 4.62. The summed E-state index contributed by atoms with van der Waals surface area (Å²) >= 11 is 0. The fraction of sp³-hybridized carbons (Fsp3) is 0.250. The summed E-state index contributed by atoms with van der Waals surface area (Å²) in [4.78, 5) is 21.8. The maximum absolute atomic E-state index is 13.3. The molecule has 3 N–H and O–H groups in total. The van der Waals surface area contributed by atoms with Crippen molar-refractivity contribution in [1.29, 1.82) is 0 Å². The van der Waals surface area contributed by atoms with Gasteiger partial charge in [0.2, 0.25) is 5.95 Å². The third kappa shape index (κ3) is 4.56. The minimum absolute atomic E-state index is 0.0962. The fourth-order valence-electron chi connectivity index (χ4n) is 3.20. The largest absolute Gasteiger partial charge is 0.467 e. The molecule has 2 aromatic heterocycles. The molecule has 3 rings (SSSR count). The van der Waals surface area contributed by atoms with E-state index >= 15 is 0 Å². The van der Waals surface area contributed by atoms with E-state index < -0.39 is 17.7 Å². The molecule has 2 heterocycles. The summed E-state index contributed by atoms with van der Waals surface area (Å²) in [5, 5.41) is 0. The lowest BCUT2D eigenvalue weighted by Gasteiger charge is -2.20. The highest BCUT2D eigenvalue weighted by molar-refractivity contribution is 5.58. The van der Waals surface area contributed by atoms with Crippen LogP contribution in [0.3, 0.4) is 0 Å². The number of aryl methyl sites for hydroxylation is 1. The van der Waals surface area contributed by atoms with Crippen molar-refractivity contribution in [3.8, 4) is 11.4 Å². The molecule has 6 nitrogen and oxygen atoms in total. The van der Waals surface area contributed by atoms with Gasteiger partial charge in [-0.3, -0.25) is 4.79 Å². The van der Waals surface area contributed by atoms with E-state index in [1.807, 2.05) is 6.92 Å². The van der Waals surface area contributed by atoms with E-state index in [1.165, 1.54) is 12.3 Å². The quantitative estimate of drug-likeness (QED) is 0.582. The Hall–Kier alpha value is -3.36. The van der Waals surface area contributed by atoms with Crippen molar-refractivity contribution in [3.63, 3.8) is 0 Å². The molecule has 0 aliphatic heterocycles. The zero-order valence-electron chi connectivity index (χ0n) is 15.5. The molecule has 152 valence electrons. The van der Waals surface area contributed by atoms with Crippen LogP contribution >= 0.6 is 0 Å². The molecule has 29 heavy (non-hydrogen) atoms. The minimum atomic E-state index is -4.47. The van der Waals surface area contributed by atoms with Gasteiger partial charge in [-0.25, -0.2) is 9.97 Å². The molecule has 1 aromatic carbocycles. The van der Waals surface area contributed by atoms with Crippen molar-refractivity contribution in [2.24, 2.45) is 0 Å². The number of benzene rings is 1. The van der Waals surface area contributed by atoms with Crippen molar-refractivity contribution in [2.75, 3.05) is 12.3 Å². The van der Waals surface area contributed by atoms with Gasteiger partial charge >= 0.3 is 6.18 Å². The van der Waals surface area contributed by atoms with Crippen LogP contribution in [0.15, 0.2) is 42.7 Å². The third-order valence-corrected chi connectivity index (χ3v) is 4.62. The monoisotopic (exact) mass is 404 g/mol. The van der Waals surface area contributed by atoms with Crippen molar-refractivity contribution in [1.82, 2.24) is 15.0 Å². The molecule has 0 spiro atoms. The van der Waals surface area contributed by atoms with Gasteiger partial charge in [0.15, 0.2) is 0 Å². The number of halogens is 3. The maximum atomic E-state index is 13.3. The molecule has 0 radical (unpaired) electrons. The molecule has 0 aliphatic rings. The molecule has 0 saturated carbocycles. The van der Waals surface area contributed by atoms with Crippen molar-refractivity contribution in [3.05, 3.63) is 65.0 Å². The number of alkyl halides is 3. The van der Waals surface area contributed by atoms with E-state index in [1.54, 1.807) is 18.3 Å². The number of ether oxygens (including phenoxy) is 1. The standard InChI is InChI=1S/C20H19F3N4O2/c1-2-12-3-4-14(20(21,22)23)8-15(12)16(10-29-11-28)13-7-18(26-9-13)17-5-6-25-19(24)27-17/h3-9,11,16,26H,2,10H2,1H3,(H2,24,25,27). The maximum Gasteiger partial charge on any atom is 0.416 e. The highest BCUT2D eigenvalue weighted by Crippen LogP contribution is 2.36. The van der Waals surface area contributed by atoms with Gasteiger partial charge in [0, 0.05) is 18.3 Å². The smallest absolute Gasteiger partial charge is 0.416 e. The zero-order valence-corrected chi connectivity index (χ0v) is 15.5. The first-order chi connectivity index (χ1) is 13.8. The average Bonchev–Trinajstić information content (AvgIpc) is 3.17. The van der Waals surface area contributed by atoms with Gasteiger partial charge < -0.3 is 15.5 Å². The van der Waals surface area contributed by atoms with E-state index in [-0.39, 0.29) is 19.0 Å². The summed E-state index contributed by atoms with van der Waals surface area (Å²) in [5.41, 5.74) is 7.88. The first-order valence-corrected chi connectivity index (χ1v) is 8.86. The van der Waals surface area contributed by atoms with Gasteiger partial charge in [0.25, 0.3) is 6.47 Å². The number of anilines is 1. The van der Waals surface area contributed by atoms with Gasteiger partial charge in [0.05, 0.1) is 17.0 Å². The first-order valence-electron chi connectivity index (χ1n) is 8.86. The number of carbonyl (C=O) groups excluding carboxylic acids is 1. The number of nitrogens with zero attached hydrogens (tertiary/aromatic N) is 2. The molecule has 9 heteroatoms. The number of rotatable bonds is 7. The summed E-state index contributed by atoms with van der Waals surface area (Å²) < 4.78 is 44.7. The lowest BCUT2D eigenvalue weighted by molar-refractivity contribution is -0.137. The van der Waals surface area contributed by atoms with Gasteiger partial charge in [-0.05, 0) is 47.4 Å². The Morgan fingerprint density at radius 2 is 2.07 bits per heavy atom. The van der Waals surface area contributed by atoms with Crippen LogP contribution in [-0.4, -0.2) is 28.0 Å². The highest BCUT2D eigenvalue weighted by atomic mass is 19.4. The highest BCUT2D eigenvalue weighted by Gasteiger charge is 2.32. The number of hydrogen-bond acceptors (Lipinski definition) is 5. The Bertz CT molecular complexity index is 1000. The number of nitrogens with two attached hydrogens (primary N) is 1. The van der Waals surface area contributed by atoms with Crippen LogP contribution in [0.25, 0.3) is 11.4 Å². The Labute approximate surface area is 164 Å². The average molecular weight is 404 g/mol. The van der Waals surface area contributed by atoms with Crippen molar-refractivity contribution in [2.45, 2.75) is 25.4 Å². The van der Waals surface area contributed by atoms with Crippen LogP contribution in [0.5, 0.6) is 0 Å². The van der Waals surface area contributed by atoms with E-state index in [9.17, 15) is 18.0 Å². The molecule has 0 fully saturated rings. The van der Waals surface area contributed by atoms with Gasteiger partial charge in [-0.15, -0.1) is 0 Å². The van der Waals surface area contributed by atoms with Crippen LogP contribution in [0.1, 0.15) is 35.1 Å². The normalized spacial score (nSPS) is 12.6. The van der Waals surface area contributed by atoms with Crippen molar-refractivity contribution < 1.29 is 22.7 Å². The van der Waals surface area contributed by atoms with Crippen LogP contribution in [-0.2, 0) is 22.1 Å². The predicted octanol–water partition coefficient (Wildman–Crippen LogP) is 3.94. The lowest BCUT2D eigenvalue weighted by Crippen LogP contribution is -2.13. The summed E-state index contributed by atoms with van der Waals surface area (Å²) in [6.45, 7) is 2.04. The van der Waals surface area contributed by atoms with Crippen molar-refractivity contribution >= 4 is 12.4 Å². The Morgan fingerprint density at radius 3 is 2.72 bits per heavy atom. The van der Waals surface area contributed by atoms with Crippen LogP contribution < -0.4 is 5.73 Å². The zero-order chi connectivity index (χ0) is 21.0. The second kappa shape index (κ2) is 8.34. The van der Waals surface area contributed by atoms with Crippen LogP contribution in [0.2, 0.25) is 0 Å². The molecular formula is C20H19F3N4O2. The van der Waals surface area contributed by atoms with Gasteiger partial charge in [0.1, 0.15) is 6.61 Å². The molecule has 0 amide bonds. The molecule has 3 aromatic rings. The number of nitrogens with one attached hydrogen (secondary N) is 1. The summed E-state index contributed by atoms with van der Waals surface area (Å²) in [6, 6.07) is 7.05. The second-order valence-corrected chi connectivity index (χ2v) is 6.39. The van der Waals surface area contributed by atoms with Gasteiger partial charge in [-0.1, -0.05) is 13.0 Å². The number of carbonyl (C=O) groups is 1. The van der Waals surface area contributed by atoms with E-state index in [0.29, 0.717) is 28.9 Å². The molecule has 0 aliphatic carbocycles. The number of H-pyrrole nitrogens is 1. The van der Waals surface area contributed by atoms with E-state index in [4.69, 9.17) is 10.5 Å². The van der Waals surface area contributed by atoms with Crippen LogP contribution in [0.4, 0.5) is 19.1 Å². The Morgan fingerprint density at radius 1 is 1.28 bits per heavy atom. The number of hydrogen-bond donors (Lipinski definition) is 2. The minimum Gasteiger partial charge on any atom is -0.467 e. The fourth-order valence-corrected chi connectivity index (χ4v) is 3.20. The first kappa shape index (κ1) is 20.4. The summed E-state index contributed by atoms with van der Waals surface area (Å²) in [6.07, 6.45) is -0.775. The molecule has 1 unspecified atom stereocenters. The summed E-state index contributed by atoms with van der Waals surface area (Å²) in [5.74, 6) is -0.479. The molecule has 0 bridgehead atoms. The lowest BCUT2D eigenvalue weighted by atomic mass is 9.87. The molecule has 0 saturated heterocycles. The van der Waals surface area contributed by atoms with E-state index in [2.05, 4.69) is 15.0 Å². The predicted molar refractivity (Wildman–Crippen MR) is 101 cm³/mol. The second-order valence-electron chi connectivity index (χ2n) is 6.39. The SMILES string of the molecule is CCc1ccc(C(F)(F)F)cc1C(COC=O)c1c[nH]c(-c2ccnc(N)n2)c1.